The monoisotopic (exact) mass is 265 g/mol. The van der Waals surface area contributed by atoms with E-state index in [0.717, 1.165) is 25.8 Å². The quantitative estimate of drug-likeness (QED) is 0.783. The van der Waals surface area contributed by atoms with E-state index in [9.17, 15) is 0 Å². The number of hydrogen-bond acceptors (Lipinski definition) is 2. The van der Waals surface area contributed by atoms with Gasteiger partial charge in [-0.1, -0.05) is 34.1 Å². The third-order valence-electron chi connectivity index (χ3n) is 3.71. The fourth-order valence-electron chi connectivity index (χ4n) is 2.86. The van der Waals surface area contributed by atoms with Gasteiger partial charge in [-0.2, -0.15) is 5.10 Å². The van der Waals surface area contributed by atoms with Crippen molar-refractivity contribution >= 4 is 0 Å². The van der Waals surface area contributed by atoms with E-state index >= 15 is 0 Å². The first-order valence-electron chi connectivity index (χ1n) is 7.86. The number of nitrogens with zero attached hydrogens (tertiary/aromatic N) is 2. The van der Waals surface area contributed by atoms with Crippen LogP contribution in [0.3, 0.4) is 0 Å². The maximum absolute atomic E-state index is 5.99. The van der Waals surface area contributed by atoms with Gasteiger partial charge in [-0.3, -0.25) is 4.68 Å². The summed E-state index contributed by atoms with van der Waals surface area (Å²) in [5.41, 5.74) is 10.0. The Kier molecular flexibility index (Phi) is 6.56. The van der Waals surface area contributed by atoms with Crippen LogP contribution in [0.4, 0.5) is 0 Å². The van der Waals surface area contributed by atoms with Crippen LogP contribution in [0, 0.1) is 5.92 Å². The molecule has 0 amide bonds. The summed E-state index contributed by atoms with van der Waals surface area (Å²) in [6.07, 6.45) is 5.52. The standard InChI is InChI=1S/C16H31N3/c1-6-9-12(4)11-19-16(8-3)14(10-13(5)17)15(7-2)18-19/h12-13H,6-11,17H2,1-5H3. The molecule has 0 radical (unpaired) electrons. The zero-order valence-corrected chi connectivity index (χ0v) is 13.4. The Morgan fingerprint density at radius 2 is 1.84 bits per heavy atom. The molecule has 1 heterocycles. The van der Waals surface area contributed by atoms with Crippen molar-refractivity contribution in [3.63, 3.8) is 0 Å². The highest BCUT2D eigenvalue weighted by Crippen LogP contribution is 2.20. The van der Waals surface area contributed by atoms with Crippen molar-refractivity contribution in [3.05, 3.63) is 17.0 Å². The molecule has 0 fully saturated rings. The van der Waals surface area contributed by atoms with Crippen LogP contribution in [0.5, 0.6) is 0 Å². The van der Waals surface area contributed by atoms with Crippen molar-refractivity contribution in [2.24, 2.45) is 11.7 Å². The maximum Gasteiger partial charge on any atom is 0.0657 e. The minimum atomic E-state index is 0.210. The van der Waals surface area contributed by atoms with Crippen molar-refractivity contribution in [1.82, 2.24) is 9.78 Å². The number of rotatable bonds is 8. The molecule has 0 aliphatic heterocycles. The van der Waals surface area contributed by atoms with Gasteiger partial charge in [0.15, 0.2) is 0 Å². The van der Waals surface area contributed by atoms with Crippen LogP contribution in [0.25, 0.3) is 0 Å². The van der Waals surface area contributed by atoms with Gasteiger partial charge in [0.05, 0.1) is 5.69 Å². The zero-order valence-electron chi connectivity index (χ0n) is 13.4. The number of nitrogens with two attached hydrogens (primary N) is 1. The third-order valence-corrected chi connectivity index (χ3v) is 3.71. The zero-order chi connectivity index (χ0) is 14.4. The van der Waals surface area contributed by atoms with Crippen molar-refractivity contribution < 1.29 is 0 Å². The lowest BCUT2D eigenvalue weighted by atomic mass is 10.0. The van der Waals surface area contributed by atoms with Crippen molar-refractivity contribution in [2.75, 3.05) is 0 Å². The van der Waals surface area contributed by atoms with Crippen LogP contribution in [-0.4, -0.2) is 15.8 Å². The molecule has 0 saturated heterocycles. The SMILES string of the molecule is CCCC(C)Cn1nc(CC)c(CC(C)N)c1CC. The topological polar surface area (TPSA) is 43.8 Å². The molecule has 2 N–H and O–H groups in total. The van der Waals surface area contributed by atoms with Gasteiger partial charge in [0.2, 0.25) is 0 Å². The minimum absolute atomic E-state index is 0.210. The first-order valence-corrected chi connectivity index (χ1v) is 7.86. The normalized spacial score (nSPS) is 14.6. The molecular weight excluding hydrogens is 234 g/mol. The van der Waals surface area contributed by atoms with Gasteiger partial charge in [-0.05, 0) is 44.1 Å². The Morgan fingerprint density at radius 3 is 2.32 bits per heavy atom. The van der Waals surface area contributed by atoms with Gasteiger partial charge in [0.1, 0.15) is 0 Å². The summed E-state index contributed by atoms with van der Waals surface area (Å²) in [5.74, 6) is 0.697. The Balaban J connectivity index is 3.00. The van der Waals surface area contributed by atoms with E-state index < -0.39 is 0 Å². The lowest BCUT2D eigenvalue weighted by Gasteiger charge is -2.13. The van der Waals surface area contributed by atoms with Crippen molar-refractivity contribution in [2.45, 2.75) is 79.3 Å². The molecule has 1 aromatic heterocycles. The van der Waals surface area contributed by atoms with Crippen LogP contribution < -0.4 is 5.73 Å². The summed E-state index contributed by atoms with van der Waals surface area (Å²) in [7, 11) is 0. The van der Waals surface area contributed by atoms with Crippen LogP contribution in [0.1, 0.15) is 64.4 Å². The first kappa shape index (κ1) is 16.2. The van der Waals surface area contributed by atoms with Crippen LogP contribution in [-0.2, 0) is 25.8 Å². The van der Waals surface area contributed by atoms with Crippen molar-refractivity contribution in [3.8, 4) is 0 Å². The molecule has 0 aliphatic rings. The number of hydrogen-bond donors (Lipinski definition) is 1. The van der Waals surface area contributed by atoms with E-state index in [1.165, 1.54) is 29.8 Å². The average Bonchev–Trinajstić information content (AvgIpc) is 2.65. The minimum Gasteiger partial charge on any atom is -0.328 e. The number of aryl methyl sites for hydroxylation is 1. The van der Waals surface area contributed by atoms with Gasteiger partial charge < -0.3 is 5.73 Å². The first-order chi connectivity index (χ1) is 9.03. The molecule has 1 aromatic rings. The van der Waals surface area contributed by atoms with Crippen LogP contribution >= 0.6 is 0 Å². The van der Waals surface area contributed by atoms with E-state index in [1.807, 2.05) is 0 Å². The maximum atomic E-state index is 5.99. The summed E-state index contributed by atoms with van der Waals surface area (Å²) in [4.78, 5) is 0. The molecule has 0 bridgehead atoms. The molecule has 1 rings (SSSR count). The highest BCUT2D eigenvalue weighted by molar-refractivity contribution is 5.27. The Labute approximate surface area is 118 Å². The summed E-state index contributed by atoms with van der Waals surface area (Å²) in [5, 5.41) is 4.84. The summed E-state index contributed by atoms with van der Waals surface area (Å²) in [6.45, 7) is 12.1. The van der Waals surface area contributed by atoms with E-state index in [2.05, 4.69) is 39.3 Å². The predicted molar refractivity (Wildman–Crippen MR) is 82.4 cm³/mol. The summed E-state index contributed by atoms with van der Waals surface area (Å²) in [6, 6.07) is 0.210. The second-order valence-electron chi connectivity index (χ2n) is 5.84. The molecule has 3 nitrogen and oxygen atoms in total. The van der Waals surface area contributed by atoms with E-state index in [-0.39, 0.29) is 6.04 Å². The molecule has 19 heavy (non-hydrogen) atoms. The Hall–Kier alpha value is -0.830. The molecule has 0 spiro atoms. The predicted octanol–water partition coefficient (Wildman–Crippen LogP) is 3.33. The van der Waals surface area contributed by atoms with E-state index in [0.29, 0.717) is 5.92 Å². The van der Waals surface area contributed by atoms with Gasteiger partial charge in [0, 0.05) is 18.3 Å². The van der Waals surface area contributed by atoms with Gasteiger partial charge >= 0.3 is 0 Å². The second kappa shape index (κ2) is 7.68. The average molecular weight is 265 g/mol. The van der Waals surface area contributed by atoms with Crippen LogP contribution in [0.15, 0.2) is 0 Å². The van der Waals surface area contributed by atoms with Gasteiger partial charge in [-0.25, -0.2) is 0 Å². The second-order valence-corrected chi connectivity index (χ2v) is 5.84. The van der Waals surface area contributed by atoms with Gasteiger partial charge in [0.25, 0.3) is 0 Å². The Bertz CT molecular complexity index is 380. The number of aromatic nitrogens is 2. The molecule has 2 unspecified atom stereocenters. The van der Waals surface area contributed by atoms with Crippen LogP contribution in [0.2, 0.25) is 0 Å². The Morgan fingerprint density at radius 1 is 1.16 bits per heavy atom. The largest absolute Gasteiger partial charge is 0.328 e. The highest BCUT2D eigenvalue weighted by Gasteiger charge is 2.17. The molecule has 3 heteroatoms. The molecule has 0 saturated carbocycles. The summed E-state index contributed by atoms with van der Waals surface area (Å²) >= 11 is 0. The summed E-state index contributed by atoms with van der Waals surface area (Å²) < 4.78 is 2.25. The molecule has 0 aromatic carbocycles. The van der Waals surface area contributed by atoms with Crippen molar-refractivity contribution in [1.29, 1.82) is 0 Å². The third kappa shape index (κ3) is 4.34. The fourth-order valence-corrected chi connectivity index (χ4v) is 2.86. The fraction of sp³-hybridized carbons (Fsp3) is 0.812. The van der Waals surface area contributed by atoms with E-state index in [4.69, 9.17) is 10.8 Å². The molecule has 110 valence electrons. The molecule has 0 aliphatic carbocycles. The lowest BCUT2D eigenvalue weighted by molar-refractivity contribution is 0.410. The van der Waals surface area contributed by atoms with E-state index in [1.54, 1.807) is 0 Å². The molecule has 2 atom stereocenters. The smallest absolute Gasteiger partial charge is 0.0657 e. The van der Waals surface area contributed by atoms with Gasteiger partial charge in [-0.15, -0.1) is 0 Å². The highest BCUT2D eigenvalue weighted by atomic mass is 15.3. The lowest BCUT2D eigenvalue weighted by Crippen LogP contribution is -2.19. The molecular formula is C16H31N3.